The summed E-state index contributed by atoms with van der Waals surface area (Å²) in [4.78, 5) is 24.5. The number of halogens is 1. The highest BCUT2D eigenvalue weighted by atomic mass is 19.1. The van der Waals surface area contributed by atoms with E-state index in [2.05, 4.69) is 10.6 Å². The van der Waals surface area contributed by atoms with Gasteiger partial charge in [0.1, 0.15) is 5.82 Å². The van der Waals surface area contributed by atoms with Gasteiger partial charge in [0.2, 0.25) is 11.8 Å². The number of anilines is 1. The summed E-state index contributed by atoms with van der Waals surface area (Å²) in [5.41, 5.74) is 1.79. The van der Waals surface area contributed by atoms with Crippen molar-refractivity contribution in [1.29, 1.82) is 0 Å². The topological polar surface area (TPSA) is 76.7 Å². The smallest absolute Gasteiger partial charge is 0.228 e. The number of benzene rings is 2. The van der Waals surface area contributed by atoms with Gasteiger partial charge in [-0.3, -0.25) is 9.59 Å². The monoisotopic (exact) mass is 372 g/mol. The van der Waals surface area contributed by atoms with E-state index in [1.165, 1.54) is 18.2 Å². The van der Waals surface area contributed by atoms with Crippen molar-refractivity contribution in [2.45, 2.75) is 25.8 Å². The molecular formula is C20H21FN2O4. The fourth-order valence-electron chi connectivity index (χ4n) is 3.08. The fourth-order valence-corrected chi connectivity index (χ4v) is 3.08. The van der Waals surface area contributed by atoms with Crippen LogP contribution in [0.1, 0.15) is 30.4 Å². The quantitative estimate of drug-likeness (QED) is 0.817. The van der Waals surface area contributed by atoms with E-state index >= 15 is 0 Å². The fraction of sp³-hybridized carbons (Fsp3) is 0.300. The molecule has 2 aromatic rings. The van der Waals surface area contributed by atoms with Gasteiger partial charge in [-0.15, -0.1) is 0 Å². The first kappa shape index (κ1) is 18.7. The number of hydrogen-bond donors (Lipinski definition) is 2. The van der Waals surface area contributed by atoms with Crippen molar-refractivity contribution in [3.05, 3.63) is 53.3 Å². The van der Waals surface area contributed by atoms with Gasteiger partial charge in [0.25, 0.3) is 0 Å². The molecule has 142 valence electrons. The van der Waals surface area contributed by atoms with E-state index in [-0.39, 0.29) is 24.8 Å². The van der Waals surface area contributed by atoms with Crippen LogP contribution in [-0.4, -0.2) is 25.5 Å². The van der Waals surface area contributed by atoms with Gasteiger partial charge in [-0.25, -0.2) is 4.39 Å². The number of carbonyl (C=O) groups excluding carboxylic acids is 2. The molecule has 2 aromatic carbocycles. The number of amides is 2. The van der Waals surface area contributed by atoms with Crippen molar-refractivity contribution in [2.24, 2.45) is 0 Å². The minimum atomic E-state index is -0.654. The van der Waals surface area contributed by atoms with Gasteiger partial charge in [-0.1, -0.05) is 12.1 Å². The van der Waals surface area contributed by atoms with Gasteiger partial charge >= 0.3 is 0 Å². The number of rotatable bonds is 6. The minimum Gasteiger partial charge on any atom is -0.493 e. The third-order valence-corrected chi connectivity index (χ3v) is 4.37. The lowest BCUT2D eigenvalue weighted by molar-refractivity contribution is -0.126. The van der Waals surface area contributed by atoms with Crippen molar-refractivity contribution in [1.82, 2.24) is 5.32 Å². The molecule has 1 unspecified atom stereocenters. The zero-order valence-electron chi connectivity index (χ0n) is 15.2. The highest BCUT2D eigenvalue weighted by Gasteiger charge is 2.30. The normalized spacial score (nSPS) is 15.5. The van der Waals surface area contributed by atoms with Crippen LogP contribution in [0.3, 0.4) is 0 Å². The molecule has 0 fully saturated rings. The lowest BCUT2D eigenvalue weighted by atomic mass is 9.89. The van der Waals surface area contributed by atoms with Crippen LogP contribution >= 0.6 is 0 Å². The van der Waals surface area contributed by atoms with Crippen molar-refractivity contribution in [3.8, 4) is 11.5 Å². The van der Waals surface area contributed by atoms with E-state index < -0.39 is 11.7 Å². The number of hydrogen-bond acceptors (Lipinski definition) is 4. The number of ether oxygens (including phenoxy) is 2. The summed E-state index contributed by atoms with van der Waals surface area (Å²) in [5.74, 6) is -0.492. The maximum Gasteiger partial charge on any atom is 0.228 e. The molecule has 0 aromatic heterocycles. The highest BCUT2D eigenvalue weighted by molar-refractivity contribution is 6.01. The summed E-state index contributed by atoms with van der Waals surface area (Å²) < 4.78 is 24.2. The van der Waals surface area contributed by atoms with Crippen LogP contribution in [-0.2, 0) is 16.1 Å². The Labute approximate surface area is 156 Å². The Morgan fingerprint density at radius 2 is 2.07 bits per heavy atom. The first-order chi connectivity index (χ1) is 13.0. The largest absolute Gasteiger partial charge is 0.493 e. The summed E-state index contributed by atoms with van der Waals surface area (Å²) in [7, 11) is 1.55. The van der Waals surface area contributed by atoms with Crippen LogP contribution in [0, 0.1) is 5.82 Å². The molecule has 7 heteroatoms. The Hall–Kier alpha value is -3.09. The zero-order chi connectivity index (χ0) is 19.4. The summed E-state index contributed by atoms with van der Waals surface area (Å²) in [6, 6.07) is 9.47. The SMILES string of the molecule is CCOc1ccc(CNC(=O)C2CC(=O)Nc3cc(F)ccc32)cc1OC. The second kappa shape index (κ2) is 8.07. The van der Waals surface area contributed by atoms with Crippen molar-refractivity contribution < 1.29 is 23.5 Å². The molecule has 1 heterocycles. The number of methoxy groups -OCH3 is 1. The van der Waals surface area contributed by atoms with Gasteiger partial charge in [0, 0.05) is 18.7 Å². The van der Waals surface area contributed by atoms with Gasteiger partial charge in [-0.05, 0) is 42.3 Å². The van der Waals surface area contributed by atoms with E-state index in [9.17, 15) is 14.0 Å². The Balaban J connectivity index is 1.72. The Bertz CT molecular complexity index is 869. The molecule has 1 atom stereocenters. The van der Waals surface area contributed by atoms with Crippen LogP contribution in [0.15, 0.2) is 36.4 Å². The maximum atomic E-state index is 13.4. The lowest BCUT2D eigenvalue weighted by Crippen LogP contribution is -2.34. The van der Waals surface area contributed by atoms with Crippen molar-refractivity contribution in [2.75, 3.05) is 19.0 Å². The van der Waals surface area contributed by atoms with Crippen LogP contribution in [0.25, 0.3) is 0 Å². The van der Waals surface area contributed by atoms with E-state index in [0.29, 0.717) is 29.4 Å². The average Bonchev–Trinajstić information content (AvgIpc) is 2.66. The van der Waals surface area contributed by atoms with Crippen LogP contribution < -0.4 is 20.1 Å². The average molecular weight is 372 g/mol. The molecule has 2 N–H and O–H groups in total. The Morgan fingerprint density at radius 3 is 2.81 bits per heavy atom. The maximum absolute atomic E-state index is 13.4. The third-order valence-electron chi connectivity index (χ3n) is 4.37. The molecule has 0 saturated heterocycles. The standard InChI is InChI=1S/C20H21FN2O4/c1-3-27-17-7-4-12(8-18(17)26-2)11-22-20(25)15-10-19(24)23-16-9-13(21)5-6-14(15)16/h4-9,15H,3,10-11H2,1-2H3,(H,22,25)(H,23,24). The van der Waals surface area contributed by atoms with E-state index in [0.717, 1.165) is 5.56 Å². The molecule has 0 radical (unpaired) electrons. The van der Waals surface area contributed by atoms with E-state index in [1.54, 1.807) is 19.2 Å². The zero-order valence-corrected chi connectivity index (χ0v) is 15.2. The highest BCUT2D eigenvalue weighted by Crippen LogP contribution is 2.33. The second-order valence-electron chi connectivity index (χ2n) is 6.17. The number of carbonyl (C=O) groups is 2. The van der Waals surface area contributed by atoms with Crippen LogP contribution in [0.5, 0.6) is 11.5 Å². The first-order valence-corrected chi connectivity index (χ1v) is 8.68. The molecule has 27 heavy (non-hydrogen) atoms. The molecule has 3 rings (SSSR count). The molecule has 0 saturated carbocycles. The third kappa shape index (κ3) is 4.19. The molecule has 6 nitrogen and oxygen atoms in total. The lowest BCUT2D eigenvalue weighted by Gasteiger charge is -2.25. The van der Waals surface area contributed by atoms with Crippen LogP contribution in [0.2, 0.25) is 0 Å². The molecule has 0 bridgehead atoms. The molecule has 0 spiro atoms. The molecule has 1 aliphatic rings. The predicted molar refractivity (Wildman–Crippen MR) is 98.4 cm³/mol. The van der Waals surface area contributed by atoms with Crippen molar-refractivity contribution >= 4 is 17.5 Å². The minimum absolute atomic E-state index is 0.0249. The van der Waals surface area contributed by atoms with E-state index in [4.69, 9.17) is 9.47 Å². The molecule has 0 aliphatic carbocycles. The summed E-state index contributed by atoms with van der Waals surface area (Å²) in [5, 5.41) is 5.44. The van der Waals surface area contributed by atoms with Gasteiger partial charge < -0.3 is 20.1 Å². The predicted octanol–water partition coefficient (Wildman–Crippen LogP) is 2.98. The Kier molecular flexibility index (Phi) is 5.59. The Morgan fingerprint density at radius 1 is 1.26 bits per heavy atom. The van der Waals surface area contributed by atoms with Crippen LogP contribution in [0.4, 0.5) is 10.1 Å². The summed E-state index contributed by atoms with van der Waals surface area (Å²) in [6.07, 6.45) is 0.0249. The van der Waals surface area contributed by atoms with Gasteiger partial charge in [0.05, 0.1) is 19.6 Å². The molecular weight excluding hydrogens is 351 g/mol. The first-order valence-electron chi connectivity index (χ1n) is 8.68. The van der Waals surface area contributed by atoms with Gasteiger partial charge in [-0.2, -0.15) is 0 Å². The summed E-state index contributed by atoms with van der Waals surface area (Å²) >= 11 is 0. The second-order valence-corrected chi connectivity index (χ2v) is 6.17. The summed E-state index contributed by atoms with van der Waals surface area (Å²) in [6.45, 7) is 2.68. The molecule has 1 aliphatic heterocycles. The number of fused-ring (bicyclic) bond motifs is 1. The molecule has 2 amide bonds. The number of nitrogens with one attached hydrogen (secondary N) is 2. The van der Waals surface area contributed by atoms with Crippen molar-refractivity contribution in [3.63, 3.8) is 0 Å². The van der Waals surface area contributed by atoms with E-state index in [1.807, 2.05) is 13.0 Å². The van der Waals surface area contributed by atoms with Gasteiger partial charge in [0.15, 0.2) is 11.5 Å².